The summed E-state index contributed by atoms with van der Waals surface area (Å²) in [7, 11) is 0. The molecule has 16 heteroatoms. The van der Waals surface area contributed by atoms with E-state index in [1.807, 2.05) is 27.8 Å². The number of hydrogen-bond donors (Lipinski definition) is 2. The smallest absolute Gasteiger partial charge is 0.338 e. The Hall–Kier alpha value is -4.34. The third-order valence-electron chi connectivity index (χ3n) is 9.49. The Morgan fingerprint density at radius 1 is 1.10 bits per heavy atom. The van der Waals surface area contributed by atoms with E-state index in [9.17, 15) is 19.5 Å². The third-order valence-corrected chi connectivity index (χ3v) is 11.7. The summed E-state index contributed by atoms with van der Waals surface area (Å²) >= 11 is 15.7. The van der Waals surface area contributed by atoms with Crippen LogP contribution in [0.25, 0.3) is 11.3 Å². The van der Waals surface area contributed by atoms with E-state index in [2.05, 4.69) is 15.2 Å². The van der Waals surface area contributed by atoms with E-state index in [0.29, 0.717) is 86.8 Å². The van der Waals surface area contributed by atoms with Gasteiger partial charge in [-0.1, -0.05) is 53.5 Å². The van der Waals surface area contributed by atoms with Crippen molar-refractivity contribution in [2.45, 2.75) is 38.3 Å². The van der Waals surface area contributed by atoms with Crippen LogP contribution in [0.3, 0.4) is 0 Å². The van der Waals surface area contributed by atoms with Gasteiger partial charge in [-0.3, -0.25) is 19.6 Å². The first kappa shape index (κ1) is 36.0. The summed E-state index contributed by atoms with van der Waals surface area (Å²) in [5, 5.41) is 18.9. The number of piperazine rings is 1. The Morgan fingerprint density at radius 2 is 1.88 bits per heavy atom. The van der Waals surface area contributed by atoms with Gasteiger partial charge in [0.25, 0.3) is 0 Å². The van der Waals surface area contributed by atoms with Crippen LogP contribution in [-0.2, 0) is 19.7 Å². The lowest BCUT2D eigenvalue weighted by atomic mass is 9.84. The molecule has 2 saturated heterocycles. The highest BCUT2D eigenvalue weighted by atomic mass is 35.5. The number of amides is 2. The van der Waals surface area contributed by atoms with Gasteiger partial charge in [-0.05, 0) is 38.5 Å². The van der Waals surface area contributed by atoms with Gasteiger partial charge in [0.2, 0.25) is 0 Å². The number of amidine groups is 1. The number of hydrogen-bond acceptors (Lipinski definition) is 11. The van der Waals surface area contributed by atoms with Crippen LogP contribution in [0.1, 0.15) is 42.9 Å². The summed E-state index contributed by atoms with van der Waals surface area (Å²) in [5.74, 6) is -0.871. The van der Waals surface area contributed by atoms with Gasteiger partial charge in [0.1, 0.15) is 6.04 Å². The van der Waals surface area contributed by atoms with Gasteiger partial charge in [0.15, 0.2) is 16.0 Å². The minimum absolute atomic E-state index is 0.0954. The van der Waals surface area contributed by atoms with E-state index in [1.54, 1.807) is 62.2 Å². The summed E-state index contributed by atoms with van der Waals surface area (Å²) < 4.78 is 5.56. The van der Waals surface area contributed by atoms with Gasteiger partial charge in [0.05, 0.1) is 35.9 Å². The maximum absolute atomic E-state index is 13.7. The lowest BCUT2D eigenvalue weighted by Gasteiger charge is -2.38. The number of aliphatic carboxylic acids is 1. The lowest BCUT2D eigenvalue weighted by Crippen LogP contribution is -2.53. The average molecular weight is 781 g/mol. The number of rotatable bonds is 10. The number of thiazole rings is 2. The Labute approximate surface area is 318 Å². The van der Waals surface area contributed by atoms with Crippen molar-refractivity contribution in [3.05, 3.63) is 96.9 Å². The molecule has 0 saturated carbocycles. The molecule has 1 unspecified atom stereocenters. The van der Waals surface area contributed by atoms with E-state index in [1.165, 1.54) is 22.7 Å². The fourth-order valence-electron chi connectivity index (χ4n) is 6.57. The Balaban J connectivity index is 1.12. The maximum atomic E-state index is 13.7. The van der Waals surface area contributed by atoms with Crippen LogP contribution >= 0.6 is 45.9 Å². The predicted octanol–water partition coefficient (Wildman–Crippen LogP) is 6.47. The topological polar surface area (TPSA) is 141 Å². The molecule has 2 aromatic carbocycles. The molecule has 5 heterocycles. The van der Waals surface area contributed by atoms with Crippen molar-refractivity contribution in [3.63, 3.8) is 0 Å². The molecule has 2 atom stereocenters. The van der Waals surface area contributed by atoms with Crippen molar-refractivity contribution in [2.75, 3.05) is 44.2 Å². The molecule has 3 aliphatic rings. The van der Waals surface area contributed by atoms with Gasteiger partial charge in [-0.2, -0.15) is 0 Å². The lowest BCUT2D eigenvalue weighted by molar-refractivity contribution is -0.142. The van der Waals surface area contributed by atoms with Crippen LogP contribution in [-0.4, -0.2) is 94.1 Å². The number of ether oxygens (including phenoxy) is 1. The second-order valence-corrected chi connectivity index (χ2v) is 15.7. The molecule has 2 aromatic heterocycles. The number of halogens is 2. The summed E-state index contributed by atoms with van der Waals surface area (Å²) in [5.41, 5.74) is 2.84. The molecule has 0 bridgehead atoms. The molecule has 2 fully saturated rings. The number of carbonyl (C=O) groups excluding carboxylic acids is 2. The highest BCUT2D eigenvalue weighted by Crippen LogP contribution is 2.38. The number of esters is 1. The molecule has 270 valence electrons. The summed E-state index contributed by atoms with van der Waals surface area (Å²) in [4.78, 5) is 59.0. The highest BCUT2D eigenvalue weighted by Gasteiger charge is 2.43. The third kappa shape index (κ3) is 6.93. The maximum Gasteiger partial charge on any atom is 0.338 e. The standard InChI is InChI=1S/C36H35Cl2N7O5S2/c1-4-50-32(46)28-26(40-30(31-39-11-14-51-31)42-29(28)24-10-9-22(37)15-25(24)38)18-43-12-13-44-23(16-43)17-45(35(44)49)34-41-27(19-52-34)20-5-7-21(8-6-20)36(2,3)33(47)48/h5-11,14-15,19,23,29H,4,12-13,16-18H2,1-3H3,(H,40,42)(H,47,48)/t23-,29?/m0/s1. The fraction of sp³-hybridized carbons (Fsp3) is 0.333. The Bertz CT molecular complexity index is 2080. The zero-order valence-electron chi connectivity index (χ0n) is 28.5. The van der Waals surface area contributed by atoms with E-state index in [4.69, 9.17) is 37.9 Å². The number of carboxylic acids is 1. The van der Waals surface area contributed by atoms with Crippen LogP contribution in [0.4, 0.5) is 9.93 Å². The van der Waals surface area contributed by atoms with Gasteiger partial charge in [-0.15, -0.1) is 22.7 Å². The summed E-state index contributed by atoms with van der Waals surface area (Å²) in [6, 6.07) is 11.5. The molecule has 0 radical (unpaired) electrons. The van der Waals surface area contributed by atoms with Gasteiger partial charge < -0.3 is 20.1 Å². The number of fused-ring (bicyclic) bond motifs is 1. The van der Waals surface area contributed by atoms with Gasteiger partial charge >= 0.3 is 18.0 Å². The molecule has 4 aromatic rings. The highest BCUT2D eigenvalue weighted by molar-refractivity contribution is 7.14. The molecular formula is C36H35Cl2N7O5S2. The predicted molar refractivity (Wildman–Crippen MR) is 203 cm³/mol. The number of benzene rings is 2. The number of anilines is 1. The van der Waals surface area contributed by atoms with Crippen molar-refractivity contribution in [2.24, 2.45) is 4.99 Å². The fourth-order valence-corrected chi connectivity index (χ4v) is 8.50. The van der Waals surface area contributed by atoms with Crippen LogP contribution in [0.2, 0.25) is 10.0 Å². The van der Waals surface area contributed by atoms with Gasteiger partial charge in [-0.25, -0.2) is 19.6 Å². The Morgan fingerprint density at radius 3 is 2.58 bits per heavy atom. The number of carbonyl (C=O) groups is 3. The van der Waals surface area contributed by atoms with Crippen molar-refractivity contribution in [3.8, 4) is 11.3 Å². The van der Waals surface area contributed by atoms with Crippen LogP contribution in [0.5, 0.6) is 0 Å². The number of aromatic nitrogens is 2. The number of urea groups is 1. The molecule has 3 aliphatic heterocycles. The number of aliphatic imine (C=N–C) groups is 1. The number of nitrogens with zero attached hydrogens (tertiary/aromatic N) is 6. The second kappa shape index (κ2) is 14.6. The summed E-state index contributed by atoms with van der Waals surface area (Å²) in [6.45, 7) is 7.76. The van der Waals surface area contributed by atoms with Crippen molar-refractivity contribution in [1.29, 1.82) is 0 Å². The molecular weight excluding hydrogens is 745 g/mol. The zero-order chi connectivity index (χ0) is 36.7. The minimum atomic E-state index is -1.01. The quantitative estimate of drug-likeness (QED) is 0.173. The first-order valence-corrected chi connectivity index (χ1v) is 19.2. The molecule has 2 amide bonds. The molecule has 7 rings (SSSR count). The van der Waals surface area contributed by atoms with E-state index in [0.717, 1.165) is 5.56 Å². The van der Waals surface area contributed by atoms with Crippen molar-refractivity contribution in [1.82, 2.24) is 25.1 Å². The van der Waals surface area contributed by atoms with Crippen molar-refractivity contribution >= 4 is 74.8 Å². The van der Waals surface area contributed by atoms with Crippen molar-refractivity contribution < 1.29 is 24.2 Å². The minimum Gasteiger partial charge on any atom is -0.481 e. The van der Waals surface area contributed by atoms with Crippen LogP contribution in [0.15, 0.2) is 75.7 Å². The number of carboxylic acid groups (broad SMARTS) is 1. The summed E-state index contributed by atoms with van der Waals surface area (Å²) in [6.07, 6.45) is 1.70. The van der Waals surface area contributed by atoms with E-state index >= 15 is 0 Å². The normalized spacial score (nSPS) is 19.4. The first-order valence-electron chi connectivity index (χ1n) is 16.6. The van der Waals surface area contributed by atoms with Gasteiger partial charge in [0, 0.05) is 70.0 Å². The SMILES string of the molecule is CCOC(=O)C1=C(CN2CCN3C(=O)N(c4nc(-c5ccc(C(C)(C)C(=O)O)cc5)cs4)C[C@@H]3C2)NC(c2nccs2)=NC1c1ccc(Cl)cc1Cl. The molecule has 52 heavy (non-hydrogen) atoms. The van der Waals surface area contributed by atoms with Crippen LogP contribution in [0, 0.1) is 0 Å². The van der Waals surface area contributed by atoms with Crippen LogP contribution < -0.4 is 10.2 Å². The molecule has 0 spiro atoms. The number of nitrogens with one attached hydrogen (secondary N) is 1. The largest absolute Gasteiger partial charge is 0.481 e. The molecule has 0 aliphatic carbocycles. The monoisotopic (exact) mass is 779 g/mol. The average Bonchev–Trinajstić information content (AvgIpc) is 3.89. The Kier molecular flexibility index (Phi) is 10.1. The molecule has 2 N–H and O–H groups in total. The van der Waals surface area contributed by atoms with E-state index < -0.39 is 23.4 Å². The first-order chi connectivity index (χ1) is 24.9. The molecule has 12 nitrogen and oxygen atoms in total. The van der Waals surface area contributed by atoms with E-state index in [-0.39, 0.29) is 18.7 Å². The second-order valence-electron chi connectivity index (χ2n) is 13.1. The zero-order valence-corrected chi connectivity index (χ0v) is 31.7.